The molecule has 23 heavy (non-hydrogen) atoms. The minimum absolute atomic E-state index is 0.0577. The molecule has 0 aliphatic rings. The Kier molecular flexibility index (Phi) is 5.80. The van der Waals surface area contributed by atoms with E-state index in [4.69, 9.17) is 9.47 Å². The van der Waals surface area contributed by atoms with Crippen LogP contribution in [0.1, 0.15) is 12.5 Å². The van der Waals surface area contributed by atoms with E-state index >= 15 is 0 Å². The molecule has 1 N–H and O–H groups in total. The molecule has 2 aromatic rings. The summed E-state index contributed by atoms with van der Waals surface area (Å²) in [5.74, 6) is 1.04. The second-order valence-electron chi connectivity index (χ2n) is 5.39. The Morgan fingerprint density at radius 3 is 2.43 bits per heavy atom. The molecule has 0 saturated carbocycles. The number of anilines is 1. The van der Waals surface area contributed by atoms with Gasteiger partial charge in [0, 0.05) is 0 Å². The van der Waals surface area contributed by atoms with Crippen molar-refractivity contribution in [3.63, 3.8) is 0 Å². The van der Waals surface area contributed by atoms with Crippen LogP contribution in [-0.2, 0) is 4.79 Å². The fraction of sp³-hybridized carbons (Fsp3) is 0.211. The number of carbonyl (C=O) groups is 1. The number of amides is 1. The lowest BCUT2D eigenvalue weighted by molar-refractivity contribution is -0.118. The summed E-state index contributed by atoms with van der Waals surface area (Å²) >= 11 is 0. The van der Waals surface area contributed by atoms with Crippen molar-refractivity contribution >= 4 is 11.6 Å². The summed E-state index contributed by atoms with van der Waals surface area (Å²) in [7, 11) is 0. The van der Waals surface area contributed by atoms with Gasteiger partial charge in [0.05, 0.1) is 5.69 Å². The van der Waals surface area contributed by atoms with Crippen LogP contribution >= 0.6 is 0 Å². The molecular weight excluding hydrogens is 290 g/mol. The lowest BCUT2D eigenvalue weighted by Gasteiger charge is -2.13. The van der Waals surface area contributed by atoms with Gasteiger partial charge in [-0.3, -0.25) is 4.79 Å². The fourth-order valence-corrected chi connectivity index (χ4v) is 1.87. The maximum absolute atomic E-state index is 12.0. The third-order valence-corrected chi connectivity index (χ3v) is 3.03. The van der Waals surface area contributed by atoms with Crippen LogP contribution in [0.3, 0.4) is 0 Å². The van der Waals surface area contributed by atoms with Crippen molar-refractivity contribution in [2.45, 2.75) is 13.8 Å². The highest BCUT2D eigenvalue weighted by molar-refractivity contribution is 5.93. The van der Waals surface area contributed by atoms with Crippen LogP contribution in [0.5, 0.6) is 11.5 Å². The van der Waals surface area contributed by atoms with Gasteiger partial charge < -0.3 is 14.8 Å². The first kappa shape index (κ1) is 16.6. The van der Waals surface area contributed by atoms with Crippen LogP contribution in [0.15, 0.2) is 60.7 Å². The zero-order valence-corrected chi connectivity index (χ0v) is 13.5. The molecule has 1 amide bonds. The highest BCUT2D eigenvalue weighted by atomic mass is 16.5. The van der Waals surface area contributed by atoms with Crippen molar-refractivity contribution in [2.75, 3.05) is 18.5 Å². The molecule has 0 radical (unpaired) electrons. The predicted molar refractivity (Wildman–Crippen MR) is 92.1 cm³/mol. The van der Waals surface area contributed by atoms with E-state index in [2.05, 4.69) is 11.9 Å². The fourth-order valence-electron chi connectivity index (χ4n) is 1.87. The molecule has 4 heteroatoms. The molecule has 0 atom stereocenters. The van der Waals surface area contributed by atoms with Crippen molar-refractivity contribution in [1.82, 2.24) is 0 Å². The Bertz CT molecular complexity index is 677. The SMILES string of the molecule is C=C(C)COc1ccccc1NC(=O)COc1ccc(C)cc1. The van der Waals surface area contributed by atoms with Crippen molar-refractivity contribution in [3.8, 4) is 11.5 Å². The van der Waals surface area contributed by atoms with E-state index in [-0.39, 0.29) is 12.5 Å². The van der Waals surface area contributed by atoms with E-state index in [0.29, 0.717) is 23.8 Å². The van der Waals surface area contributed by atoms with Crippen LogP contribution in [0, 0.1) is 6.92 Å². The van der Waals surface area contributed by atoms with Gasteiger partial charge >= 0.3 is 0 Å². The number of hydrogen-bond acceptors (Lipinski definition) is 3. The van der Waals surface area contributed by atoms with Gasteiger partial charge in [0.1, 0.15) is 18.1 Å². The zero-order chi connectivity index (χ0) is 16.7. The molecule has 0 aromatic heterocycles. The zero-order valence-electron chi connectivity index (χ0n) is 13.5. The number of rotatable bonds is 7. The quantitative estimate of drug-likeness (QED) is 0.787. The molecule has 0 fully saturated rings. The number of ether oxygens (including phenoxy) is 2. The Hall–Kier alpha value is -2.75. The largest absolute Gasteiger partial charge is 0.487 e. The van der Waals surface area contributed by atoms with Crippen molar-refractivity contribution in [3.05, 3.63) is 66.2 Å². The smallest absolute Gasteiger partial charge is 0.262 e. The molecule has 0 unspecified atom stereocenters. The monoisotopic (exact) mass is 311 g/mol. The molecular formula is C19H21NO3. The first-order valence-corrected chi connectivity index (χ1v) is 7.40. The van der Waals surface area contributed by atoms with Crippen LogP contribution in [0.25, 0.3) is 0 Å². The number of nitrogens with one attached hydrogen (secondary N) is 1. The predicted octanol–water partition coefficient (Wildman–Crippen LogP) is 3.97. The average Bonchev–Trinajstić information content (AvgIpc) is 2.53. The summed E-state index contributed by atoms with van der Waals surface area (Å²) in [4.78, 5) is 12.0. The van der Waals surface area contributed by atoms with Crippen LogP contribution in [0.2, 0.25) is 0 Å². The van der Waals surface area contributed by atoms with Gasteiger partial charge in [-0.05, 0) is 43.7 Å². The van der Waals surface area contributed by atoms with Gasteiger partial charge in [-0.1, -0.05) is 36.4 Å². The molecule has 2 rings (SSSR count). The Morgan fingerprint density at radius 1 is 1.04 bits per heavy atom. The van der Waals surface area contributed by atoms with Gasteiger partial charge in [0.2, 0.25) is 0 Å². The van der Waals surface area contributed by atoms with E-state index in [1.54, 1.807) is 12.1 Å². The van der Waals surface area contributed by atoms with Crippen LogP contribution in [-0.4, -0.2) is 19.1 Å². The maximum atomic E-state index is 12.0. The van der Waals surface area contributed by atoms with E-state index < -0.39 is 0 Å². The molecule has 120 valence electrons. The van der Waals surface area contributed by atoms with Gasteiger partial charge in [-0.15, -0.1) is 0 Å². The van der Waals surface area contributed by atoms with Gasteiger partial charge in [-0.25, -0.2) is 0 Å². The Balaban J connectivity index is 1.92. The highest BCUT2D eigenvalue weighted by Gasteiger charge is 2.08. The molecule has 0 aliphatic carbocycles. The summed E-state index contributed by atoms with van der Waals surface area (Å²) in [6.07, 6.45) is 0. The molecule has 2 aromatic carbocycles. The van der Waals surface area contributed by atoms with Crippen LogP contribution in [0.4, 0.5) is 5.69 Å². The minimum atomic E-state index is -0.239. The van der Waals surface area contributed by atoms with Crippen LogP contribution < -0.4 is 14.8 Å². The summed E-state index contributed by atoms with van der Waals surface area (Å²) < 4.78 is 11.1. The van der Waals surface area contributed by atoms with E-state index in [1.165, 1.54) is 0 Å². The molecule has 0 saturated heterocycles. The van der Waals surface area contributed by atoms with E-state index in [1.807, 2.05) is 50.2 Å². The summed E-state index contributed by atoms with van der Waals surface area (Å²) in [5, 5.41) is 2.80. The van der Waals surface area contributed by atoms with E-state index in [0.717, 1.165) is 11.1 Å². The normalized spacial score (nSPS) is 10.0. The van der Waals surface area contributed by atoms with Gasteiger partial charge in [0.25, 0.3) is 5.91 Å². The molecule has 0 bridgehead atoms. The van der Waals surface area contributed by atoms with Crippen molar-refractivity contribution < 1.29 is 14.3 Å². The van der Waals surface area contributed by atoms with Gasteiger partial charge in [-0.2, -0.15) is 0 Å². The summed E-state index contributed by atoms with van der Waals surface area (Å²) in [6, 6.07) is 14.8. The Morgan fingerprint density at radius 2 is 1.74 bits per heavy atom. The molecule has 4 nitrogen and oxygen atoms in total. The van der Waals surface area contributed by atoms with Gasteiger partial charge in [0.15, 0.2) is 6.61 Å². The second kappa shape index (κ2) is 8.03. The standard InChI is InChI=1S/C19H21NO3/c1-14(2)12-23-18-7-5-4-6-17(18)20-19(21)13-22-16-10-8-15(3)9-11-16/h4-11H,1,12-13H2,2-3H3,(H,20,21). The average molecular weight is 311 g/mol. The third kappa shape index (κ3) is 5.51. The maximum Gasteiger partial charge on any atom is 0.262 e. The van der Waals surface area contributed by atoms with Crippen molar-refractivity contribution in [2.24, 2.45) is 0 Å². The summed E-state index contributed by atoms with van der Waals surface area (Å²) in [6.45, 7) is 8.03. The van der Waals surface area contributed by atoms with Crippen molar-refractivity contribution in [1.29, 1.82) is 0 Å². The first-order chi connectivity index (χ1) is 11.0. The molecule has 0 aliphatic heterocycles. The molecule has 0 spiro atoms. The number of carbonyl (C=O) groups excluding carboxylic acids is 1. The second-order valence-corrected chi connectivity index (χ2v) is 5.39. The topological polar surface area (TPSA) is 47.6 Å². The lowest BCUT2D eigenvalue weighted by atomic mass is 10.2. The number of benzene rings is 2. The third-order valence-electron chi connectivity index (χ3n) is 3.03. The number of aryl methyl sites for hydroxylation is 1. The summed E-state index contributed by atoms with van der Waals surface area (Å²) in [5.41, 5.74) is 2.67. The van der Waals surface area contributed by atoms with E-state index in [9.17, 15) is 4.79 Å². The highest BCUT2D eigenvalue weighted by Crippen LogP contribution is 2.24. The molecule has 0 heterocycles. The lowest BCUT2D eigenvalue weighted by Crippen LogP contribution is -2.20. The number of para-hydroxylation sites is 2. The minimum Gasteiger partial charge on any atom is -0.487 e. The first-order valence-electron chi connectivity index (χ1n) is 7.40. The Labute approximate surface area is 136 Å². The number of hydrogen-bond donors (Lipinski definition) is 1.